The minimum atomic E-state index is -2.20. The molecule has 0 aliphatic carbocycles. The zero-order chi connectivity index (χ0) is 42.4. The van der Waals surface area contributed by atoms with Gasteiger partial charge in [-0.25, -0.2) is 19.2 Å². The van der Waals surface area contributed by atoms with Crippen molar-refractivity contribution < 1.29 is 142 Å². The van der Waals surface area contributed by atoms with E-state index in [9.17, 15) is 19.2 Å². The van der Waals surface area contributed by atoms with Crippen LogP contribution in [0.5, 0.6) is 0 Å². The predicted octanol–water partition coefficient (Wildman–Crippen LogP) is -14.0. The quantitative estimate of drug-likeness (QED) is 0.0545. The van der Waals surface area contributed by atoms with Crippen LogP contribution in [0.1, 0.15) is 0 Å². The Hall–Kier alpha value is -2.92. The van der Waals surface area contributed by atoms with Gasteiger partial charge in [0.2, 0.25) is 0 Å². The third-order valence-corrected chi connectivity index (χ3v) is 6.03. The van der Waals surface area contributed by atoms with Gasteiger partial charge in [-0.15, -0.1) is 0 Å². The van der Waals surface area contributed by atoms with Crippen molar-refractivity contribution in [2.24, 2.45) is 0 Å². The third-order valence-electron chi connectivity index (χ3n) is 6.03. The number of aliphatic hydroxyl groups is 20. The first-order valence-corrected chi connectivity index (χ1v) is 13.9. The van der Waals surface area contributed by atoms with Gasteiger partial charge in [0.1, 0.15) is 73.2 Å². The molecule has 0 rings (SSSR count). The predicted molar refractivity (Wildman–Crippen MR) is 155 cm³/mol. The van der Waals surface area contributed by atoms with E-state index < -0.39 is 148 Å². The lowest BCUT2D eigenvalue weighted by Crippen LogP contribution is -2.48. The molecule has 0 fully saturated rings. The molecule has 52 heavy (non-hydrogen) atoms. The van der Waals surface area contributed by atoms with Crippen molar-refractivity contribution in [3.8, 4) is 0 Å². The van der Waals surface area contributed by atoms with Crippen molar-refractivity contribution in [1.82, 2.24) is 0 Å². The van der Waals surface area contributed by atoms with Crippen LogP contribution in [0, 0.1) is 0 Å². The standard InChI is InChI=1S/4C6H12O7/c4*7-1-2(8)3(9)4(10)5(11)6(12)13/h4*2-5,7-11H,1H2,(H,12,13)/t4*2-,3-,4+,5-/m1111/s1. The van der Waals surface area contributed by atoms with Gasteiger partial charge in [0.05, 0.1) is 26.4 Å². The molecule has 0 aromatic carbocycles. The monoisotopic (exact) mass is 784 g/mol. The zero-order valence-electron chi connectivity index (χ0n) is 26.4. The van der Waals surface area contributed by atoms with Crippen molar-refractivity contribution in [3.63, 3.8) is 0 Å². The second-order valence-corrected chi connectivity index (χ2v) is 10.1. The van der Waals surface area contributed by atoms with Crippen LogP contribution in [0.4, 0.5) is 0 Å². The van der Waals surface area contributed by atoms with Gasteiger partial charge >= 0.3 is 23.9 Å². The minimum Gasteiger partial charge on any atom is -0.479 e. The number of aliphatic hydroxyl groups excluding tert-OH is 20. The molecule has 312 valence electrons. The van der Waals surface area contributed by atoms with Crippen LogP contribution in [-0.4, -0.2) is 271 Å². The molecule has 24 N–H and O–H groups in total. The Bertz CT molecular complexity index is 833. The SMILES string of the molecule is O=C(O)[C@H](O)[C@@H](O)[C@H](O)[C@H](O)CO.O=C(O)[C@H](O)[C@@H](O)[C@H](O)[C@H](O)CO.O=C(O)[C@H](O)[C@@H](O)[C@H](O)[C@H](O)CO.O=C(O)[C@H](O)[C@@H](O)[C@H](O)[C@H](O)CO. The molecule has 0 heterocycles. The number of carboxylic acids is 4. The van der Waals surface area contributed by atoms with Crippen molar-refractivity contribution >= 4 is 23.9 Å². The molecule has 16 atom stereocenters. The van der Waals surface area contributed by atoms with Crippen LogP contribution in [0.3, 0.4) is 0 Å². The number of carboxylic acid groups (broad SMARTS) is 4. The number of hydrogen-bond acceptors (Lipinski definition) is 24. The zero-order valence-corrected chi connectivity index (χ0v) is 26.4. The second-order valence-electron chi connectivity index (χ2n) is 10.1. The number of hydrogen-bond donors (Lipinski definition) is 24. The molecule has 0 spiro atoms. The summed E-state index contributed by atoms with van der Waals surface area (Å²) < 4.78 is 0. The van der Waals surface area contributed by atoms with E-state index in [0.29, 0.717) is 0 Å². The first kappa shape index (κ1) is 55.8. The maximum atomic E-state index is 10.1. The molecular weight excluding hydrogens is 736 g/mol. The molecule has 28 heteroatoms. The summed E-state index contributed by atoms with van der Waals surface area (Å²) in [6.45, 7) is -3.37. The lowest BCUT2D eigenvalue weighted by atomic mass is 10.0. The topological polar surface area (TPSA) is 554 Å². The molecule has 0 radical (unpaired) electrons. The minimum absolute atomic E-state index is 0.843. The largest absolute Gasteiger partial charge is 0.479 e. The molecule has 0 unspecified atom stereocenters. The second kappa shape index (κ2) is 28.6. The fourth-order valence-corrected chi connectivity index (χ4v) is 2.67. The highest BCUT2D eigenvalue weighted by molar-refractivity contribution is 5.73. The summed E-state index contributed by atoms with van der Waals surface area (Å²) >= 11 is 0. The molecule has 0 bridgehead atoms. The first-order valence-electron chi connectivity index (χ1n) is 13.9. The highest BCUT2D eigenvalue weighted by atomic mass is 16.5. The van der Waals surface area contributed by atoms with Gasteiger partial charge < -0.3 is 123 Å². The van der Waals surface area contributed by atoms with Crippen LogP contribution in [0.25, 0.3) is 0 Å². The van der Waals surface area contributed by atoms with E-state index in [2.05, 4.69) is 0 Å². The van der Waals surface area contributed by atoms with E-state index in [-0.39, 0.29) is 0 Å². The highest BCUT2D eigenvalue weighted by Gasteiger charge is 2.36. The van der Waals surface area contributed by atoms with Gasteiger partial charge in [0.15, 0.2) is 24.4 Å². The summed E-state index contributed by atoms with van der Waals surface area (Å²) in [7, 11) is 0. The molecule has 0 saturated carbocycles. The van der Waals surface area contributed by atoms with Crippen LogP contribution >= 0.6 is 0 Å². The third kappa shape index (κ3) is 20.9. The molecule has 0 aliphatic heterocycles. The Labute approximate surface area is 290 Å². The van der Waals surface area contributed by atoms with Gasteiger partial charge in [-0.3, -0.25) is 0 Å². The van der Waals surface area contributed by atoms with Crippen LogP contribution in [-0.2, 0) is 19.2 Å². The van der Waals surface area contributed by atoms with E-state index in [1.807, 2.05) is 0 Å². The van der Waals surface area contributed by atoms with Crippen molar-refractivity contribution in [3.05, 3.63) is 0 Å². The Balaban J connectivity index is -0.000000295. The average molecular weight is 785 g/mol. The summed E-state index contributed by atoms with van der Waals surface area (Å²) in [5.74, 6) is -6.90. The van der Waals surface area contributed by atoms with E-state index in [1.165, 1.54) is 0 Å². The van der Waals surface area contributed by atoms with E-state index in [0.717, 1.165) is 0 Å². The fourth-order valence-electron chi connectivity index (χ4n) is 2.67. The first-order chi connectivity index (χ1) is 23.7. The summed E-state index contributed by atoms with van der Waals surface area (Å²) in [4.78, 5) is 40.4. The van der Waals surface area contributed by atoms with Gasteiger partial charge in [0, 0.05) is 0 Å². The van der Waals surface area contributed by atoms with E-state index in [4.69, 9.17) is 123 Å². The van der Waals surface area contributed by atoms with Crippen LogP contribution in [0.15, 0.2) is 0 Å². The summed E-state index contributed by atoms with van der Waals surface area (Å²) in [5, 5.41) is 207. The molecule has 28 nitrogen and oxygen atoms in total. The number of rotatable bonds is 20. The van der Waals surface area contributed by atoms with Gasteiger partial charge in [-0.2, -0.15) is 0 Å². The smallest absolute Gasteiger partial charge is 0.335 e. The highest BCUT2D eigenvalue weighted by Crippen LogP contribution is 2.07. The molecule has 0 aliphatic rings. The maximum Gasteiger partial charge on any atom is 0.335 e. The lowest BCUT2D eigenvalue weighted by Gasteiger charge is -2.23. The van der Waals surface area contributed by atoms with E-state index in [1.54, 1.807) is 0 Å². The Kier molecular flexibility index (Phi) is 30.7. The number of aliphatic carboxylic acids is 4. The van der Waals surface area contributed by atoms with Gasteiger partial charge in [-0.05, 0) is 0 Å². The maximum absolute atomic E-state index is 10.1. The molecule has 0 amide bonds. The van der Waals surface area contributed by atoms with Gasteiger partial charge in [-0.1, -0.05) is 0 Å². The fraction of sp³-hybridized carbons (Fsp3) is 0.833. The summed E-state index contributed by atoms with van der Waals surface area (Å²) in [6.07, 6.45) is -31.3. The average Bonchev–Trinajstić information content (AvgIpc) is 3.12. The van der Waals surface area contributed by atoms with Crippen molar-refractivity contribution in [1.29, 1.82) is 0 Å². The summed E-state index contributed by atoms with van der Waals surface area (Å²) in [6, 6.07) is 0. The van der Waals surface area contributed by atoms with Crippen molar-refractivity contribution in [2.75, 3.05) is 26.4 Å². The Morgan fingerprint density at radius 2 is 0.385 bits per heavy atom. The molecule has 0 saturated heterocycles. The Morgan fingerprint density at radius 1 is 0.269 bits per heavy atom. The summed E-state index contributed by atoms with van der Waals surface area (Å²) in [5.41, 5.74) is 0. The molecule has 0 aromatic rings. The molecule has 0 aromatic heterocycles. The lowest BCUT2D eigenvalue weighted by molar-refractivity contribution is -0.164. The van der Waals surface area contributed by atoms with Gasteiger partial charge in [0.25, 0.3) is 0 Å². The van der Waals surface area contributed by atoms with Crippen LogP contribution < -0.4 is 0 Å². The van der Waals surface area contributed by atoms with Crippen molar-refractivity contribution in [2.45, 2.75) is 97.7 Å². The Morgan fingerprint density at radius 3 is 0.462 bits per heavy atom. The van der Waals surface area contributed by atoms with Crippen LogP contribution in [0.2, 0.25) is 0 Å². The normalized spacial score (nSPS) is 20.4. The molecular formula is C24H48O28. The number of carbonyl (C=O) groups is 4. The van der Waals surface area contributed by atoms with E-state index >= 15 is 0 Å².